The lowest BCUT2D eigenvalue weighted by molar-refractivity contribution is -0.146. The lowest BCUT2D eigenvalue weighted by Gasteiger charge is -2.40. The SMILES string of the molecule is CC(C)[C@@H]1CC2(CC2)CN1C(C)C.CC(C)[C@@H]1CC2(CN1C(C)C)OCCO2.CC(C)[C@@H]1CCCN1C(C)C.CC(C)[C@@H]1SCCN1C(C)C.CC(C)[C@@H]1[C@H]2CC[C@H](C2)N1C(C)C.COCCO[C@H]1C[C@@H](C(C)C)N(C(C)C)C1.[C-]#[N+][C@H]1C[C@@H](C(C)C)N(C(C)C)C1. The van der Waals surface area contributed by atoms with E-state index in [1.54, 1.807) is 7.11 Å². The molecule has 0 aromatic carbocycles. The highest BCUT2D eigenvalue weighted by Crippen LogP contribution is 2.56. The first-order chi connectivity index (χ1) is 43.1. The van der Waals surface area contributed by atoms with Crippen molar-refractivity contribution in [1.82, 2.24) is 34.3 Å². The summed E-state index contributed by atoms with van der Waals surface area (Å²) in [5.41, 5.74) is 0.777. The predicted molar refractivity (Wildman–Crippen MR) is 398 cm³/mol. The van der Waals surface area contributed by atoms with Crippen LogP contribution < -0.4 is 0 Å². The molecule has 13 heteroatoms. The first-order valence-electron chi connectivity index (χ1n) is 38.7. The summed E-state index contributed by atoms with van der Waals surface area (Å²) in [6.07, 6.45) is 15.4. The van der Waals surface area contributed by atoms with E-state index in [2.05, 4.69) is 245 Å². The molecule has 0 aromatic rings. The summed E-state index contributed by atoms with van der Waals surface area (Å²) in [5, 5.41) is 0.773. The van der Waals surface area contributed by atoms with E-state index < -0.39 is 0 Å². The average molecular weight is 1310 g/mol. The molecule has 0 unspecified atom stereocenters. The number of ether oxygens (including phenoxy) is 4. The number of nitrogens with zero attached hydrogens (tertiary/aromatic N) is 8. The standard InChI is InChI=1S/C13H27NO2.C12H23NO2.2C12H23N.C11H20N2.C10H21N.C9H19NS/c1-10(2)13-8-12(16-7-6-15-5)9-14(13)11(3)4;1-9(2)11-7-12(14-5-6-15-12)8-13(11)10(3)4;1-9(2)11-7-12(5-6-12)8-13(11)10(3)4;1-8(2)12-10-5-6-11(7-10)13(12)9(3)4;1-8(2)11-6-10(12-5)7-13(11)9(3)4;1-8(2)10-6-5-7-11(10)9(3)4;1-7(2)9-10(8(3)4)5-6-11-9/h10-13H,6-9H2,1-5H3;9-11H,5-8H2,1-4H3;9-11H,5-8H2,1-4H3;8-12H,5-7H2,1-4H3;8-11H,6-7H2,1-4H3;8-10H,5-7H2,1-4H3;7-9H,5-6H2,1-4H3/t12-,13-;2*11-;10-,11+,12+;10-,11-;10-;9-/m0000000/s1. The monoisotopic (exact) mass is 1310 g/mol. The molecule has 8 aliphatic heterocycles. The minimum absolute atomic E-state index is 0.245. The number of hydrogen-bond acceptors (Lipinski definition) is 12. The number of thioether (sulfide) groups is 1. The first-order valence-corrected chi connectivity index (χ1v) is 39.8. The molecule has 2 spiro atoms. The zero-order valence-electron chi connectivity index (χ0n) is 66.1. The van der Waals surface area contributed by atoms with Gasteiger partial charge in [-0.05, 0) is 214 Å². The van der Waals surface area contributed by atoms with Crippen molar-refractivity contribution in [2.45, 2.75) is 372 Å². The van der Waals surface area contributed by atoms with Crippen LogP contribution in [-0.2, 0) is 18.9 Å². The molecular weight excluding hydrogens is 1160 g/mol. The molecular formula is C79H156N8O4S. The molecule has 0 N–H and O–H groups in total. The third-order valence-electron chi connectivity index (χ3n) is 22.9. The van der Waals surface area contributed by atoms with Gasteiger partial charge in [-0.3, -0.25) is 34.3 Å². The van der Waals surface area contributed by atoms with Crippen molar-refractivity contribution in [3.63, 3.8) is 0 Å². The highest BCUT2D eigenvalue weighted by Gasteiger charge is 2.53. The second-order valence-corrected chi connectivity index (χ2v) is 36.0. The largest absolute Gasteiger partial charge is 0.382 e. The summed E-state index contributed by atoms with van der Waals surface area (Å²) in [6.45, 7) is 81.6. The smallest absolute Gasteiger partial charge is 0.237 e. The van der Waals surface area contributed by atoms with E-state index in [0.717, 1.165) is 141 Å². The van der Waals surface area contributed by atoms with Crippen LogP contribution in [0.4, 0.5) is 0 Å². The number of piperidine rings is 1. The Morgan fingerprint density at radius 1 is 0.478 bits per heavy atom. The Morgan fingerprint density at radius 3 is 1.36 bits per heavy atom. The Kier molecular flexibility index (Phi) is 35.9. The number of rotatable bonds is 18. The van der Waals surface area contributed by atoms with Crippen molar-refractivity contribution in [1.29, 1.82) is 0 Å². The molecule has 2 aliphatic carbocycles. The second-order valence-electron chi connectivity index (χ2n) is 34.7. The maximum absolute atomic E-state index is 7.06. The van der Waals surface area contributed by atoms with Crippen LogP contribution >= 0.6 is 11.8 Å². The van der Waals surface area contributed by atoms with Gasteiger partial charge in [0.1, 0.15) is 0 Å². The summed E-state index contributed by atoms with van der Waals surface area (Å²) in [7, 11) is 1.72. The molecule has 92 heavy (non-hydrogen) atoms. The minimum Gasteiger partial charge on any atom is -0.382 e. The minimum atomic E-state index is -0.279. The van der Waals surface area contributed by atoms with Crippen LogP contribution in [0.3, 0.4) is 0 Å². The zero-order chi connectivity index (χ0) is 69.3. The van der Waals surface area contributed by atoms with Gasteiger partial charge in [0.15, 0.2) is 5.79 Å². The van der Waals surface area contributed by atoms with E-state index in [-0.39, 0.29) is 11.8 Å². The van der Waals surface area contributed by atoms with Crippen LogP contribution in [0.1, 0.15) is 264 Å². The lowest BCUT2D eigenvalue weighted by Crippen LogP contribution is -2.47. The molecule has 0 aromatic heterocycles. The van der Waals surface area contributed by atoms with Gasteiger partial charge in [-0.25, -0.2) is 6.57 Å². The number of fused-ring (bicyclic) bond motifs is 2. The second kappa shape index (κ2) is 39.4. The Morgan fingerprint density at radius 2 is 0.978 bits per heavy atom. The highest BCUT2D eigenvalue weighted by molar-refractivity contribution is 8.00. The summed E-state index contributed by atoms with van der Waals surface area (Å²) in [5.74, 6) is 7.42. The highest BCUT2D eigenvalue weighted by atomic mass is 32.2. The fourth-order valence-corrected chi connectivity index (χ4v) is 19.4. The zero-order valence-corrected chi connectivity index (χ0v) is 66.9. The van der Waals surface area contributed by atoms with Gasteiger partial charge in [-0.1, -0.05) is 96.9 Å². The van der Waals surface area contributed by atoms with E-state index in [4.69, 9.17) is 25.5 Å². The van der Waals surface area contributed by atoms with E-state index in [1.807, 2.05) is 0 Å². The van der Waals surface area contributed by atoms with Gasteiger partial charge in [0.2, 0.25) is 6.04 Å². The Balaban J connectivity index is 0.000000230. The van der Waals surface area contributed by atoms with Crippen molar-refractivity contribution >= 4 is 11.8 Å². The average Bonchev–Trinajstić information content (AvgIpc) is 1.61. The summed E-state index contributed by atoms with van der Waals surface area (Å²) >= 11 is 2.11. The van der Waals surface area contributed by atoms with Gasteiger partial charge >= 0.3 is 0 Å². The maximum atomic E-state index is 7.06. The summed E-state index contributed by atoms with van der Waals surface area (Å²) < 4.78 is 22.4. The quantitative estimate of drug-likeness (QED) is 0.0970. The number of hydrogen-bond donors (Lipinski definition) is 0. The Labute approximate surface area is 577 Å². The van der Waals surface area contributed by atoms with Crippen molar-refractivity contribution < 1.29 is 18.9 Å². The normalized spacial score (nSPS) is 30.7. The van der Waals surface area contributed by atoms with E-state index in [1.165, 1.54) is 83.2 Å². The van der Waals surface area contributed by atoms with E-state index >= 15 is 0 Å². The van der Waals surface area contributed by atoms with Crippen LogP contribution in [0.15, 0.2) is 0 Å². The summed E-state index contributed by atoms with van der Waals surface area (Å²) in [6, 6.07) is 10.4. The van der Waals surface area contributed by atoms with Crippen LogP contribution in [0, 0.1) is 59.3 Å². The van der Waals surface area contributed by atoms with Gasteiger partial charge < -0.3 is 23.8 Å². The molecule has 8 saturated heterocycles. The van der Waals surface area contributed by atoms with E-state index in [9.17, 15) is 0 Å². The van der Waals surface area contributed by atoms with Gasteiger partial charge in [0, 0.05) is 130 Å². The predicted octanol–water partition coefficient (Wildman–Crippen LogP) is 17.2. The Hall–Kier alpha value is -0.600. The van der Waals surface area contributed by atoms with E-state index in [0.29, 0.717) is 66.7 Å². The molecule has 542 valence electrons. The number of likely N-dealkylation sites (tertiary alicyclic amines) is 6. The molecule has 2 bridgehead atoms. The molecule has 10 rings (SSSR count). The van der Waals surface area contributed by atoms with Crippen LogP contribution in [0.25, 0.3) is 4.85 Å². The third kappa shape index (κ3) is 24.3. The Bertz CT molecular complexity index is 1890. The molecule has 11 atom stereocenters. The van der Waals surface area contributed by atoms with Crippen LogP contribution in [0.2, 0.25) is 0 Å². The fraction of sp³-hybridized carbons (Fsp3) is 0.987. The van der Waals surface area contributed by atoms with Crippen molar-refractivity contribution in [2.24, 2.45) is 52.8 Å². The fourth-order valence-electron chi connectivity index (χ4n) is 17.9. The van der Waals surface area contributed by atoms with Crippen molar-refractivity contribution in [3.8, 4) is 0 Å². The van der Waals surface area contributed by atoms with Crippen molar-refractivity contribution in [3.05, 3.63) is 11.4 Å². The maximum Gasteiger partial charge on any atom is 0.237 e. The molecule has 12 nitrogen and oxygen atoms in total. The first kappa shape index (κ1) is 83.8. The topological polar surface area (TPSA) is 64.0 Å². The lowest BCUT2D eigenvalue weighted by atomic mass is 9.89. The molecule has 0 radical (unpaired) electrons. The van der Waals surface area contributed by atoms with Crippen LogP contribution in [-0.4, -0.2) is 221 Å². The molecule has 8 heterocycles. The van der Waals surface area contributed by atoms with Gasteiger partial charge in [0.25, 0.3) is 0 Å². The van der Waals surface area contributed by atoms with Gasteiger partial charge in [-0.2, -0.15) is 0 Å². The third-order valence-corrected chi connectivity index (χ3v) is 24.5. The summed E-state index contributed by atoms with van der Waals surface area (Å²) in [4.78, 5) is 22.0. The van der Waals surface area contributed by atoms with Gasteiger partial charge in [0.05, 0.1) is 51.0 Å². The van der Waals surface area contributed by atoms with Gasteiger partial charge in [-0.15, -0.1) is 11.8 Å². The van der Waals surface area contributed by atoms with Crippen molar-refractivity contribution in [2.75, 3.05) is 78.6 Å². The molecule has 10 aliphatic rings. The molecule has 2 saturated carbocycles. The number of methoxy groups -OCH3 is 1. The van der Waals surface area contributed by atoms with Crippen LogP contribution in [0.5, 0.6) is 0 Å². The molecule has 0 amide bonds. The molecule has 10 fully saturated rings.